The summed E-state index contributed by atoms with van der Waals surface area (Å²) in [5, 5.41) is 3.35. The minimum atomic E-state index is -0.424. The Morgan fingerprint density at radius 2 is 2.24 bits per heavy atom. The van der Waals surface area contributed by atoms with Gasteiger partial charge >= 0.3 is 6.03 Å². The lowest BCUT2D eigenvalue weighted by Gasteiger charge is -2.28. The number of urea groups is 1. The van der Waals surface area contributed by atoms with E-state index in [1.807, 2.05) is 24.3 Å². The summed E-state index contributed by atoms with van der Waals surface area (Å²) in [6.45, 7) is 0.535. The molecule has 1 aromatic carbocycles. The third-order valence-corrected chi connectivity index (χ3v) is 3.88. The molecule has 17 heavy (non-hydrogen) atoms. The number of anilines is 1. The maximum Gasteiger partial charge on any atom is 0.319 e. The minimum Gasteiger partial charge on any atom is -0.354 e. The fourth-order valence-electron chi connectivity index (χ4n) is 1.84. The predicted molar refractivity (Wildman–Crippen MR) is 68.4 cm³/mol. The van der Waals surface area contributed by atoms with Crippen molar-refractivity contribution >= 4 is 23.5 Å². The standard InChI is InChI=1S/C12H11N3OS/c13-12(16)15-6-5-9-11(7-15)17-10-4-2-1-3-8(10)14-9/h1-6,14H,7H2,(H2,13,16). The van der Waals surface area contributed by atoms with Gasteiger partial charge in [0, 0.05) is 16.0 Å². The highest BCUT2D eigenvalue weighted by atomic mass is 32.2. The van der Waals surface area contributed by atoms with Gasteiger partial charge < -0.3 is 11.1 Å². The zero-order valence-electron chi connectivity index (χ0n) is 9.01. The maximum absolute atomic E-state index is 11.1. The molecule has 2 aliphatic heterocycles. The van der Waals surface area contributed by atoms with Crippen molar-refractivity contribution in [3.63, 3.8) is 0 Å². The van der Waals surface area contributed by atoms with E-state index >= 15 is 0 Å². The van der Waals surface area contributed by atoms with Gasteiger partial charge in [-0.05, 0) is 18.2 Å². The molecule has 0 fully saturated rings. The summed E-state index contributed by atoms with van der Waals surface area (Å²) in [4.78, 5) is 14.9. The largest absolute Gasteiger partial charge is 0.354 e. The van der Waals surface area contributed by atoms with Crippen LogP contribution in [0.5, 0.6) is 0 Å². The van der Waals surface area contributed by atoms with E-state index in [-0.39, 0.29) is 0 Å². The smallest absolute Gasteiger partial charge is 0.319 e. The van der Waals surface area contributed by atoms with Crippen LogP contribution < -0.4 is 11.1 Å². The number of para-hydroxylation sites is 1. The maximum atomic E-state index is 11.1. The van der Waals surface area contributed by atoms with Crippen LogP contribution in [0.15, 0.2) is 52.0 Å². The van der Waals surface area contributed by atoms with Crippen LogP contribution in [0.3, 0.4) is 0 Å². The number of hydrogen-bond acceptors (Lipinski definition) is 3. The second-order valence-electron chi connectivity index (χ2n) is 3.84. The van der Waals surface area contributed by atoms with Crippen molar-refractivity contribution in [2.75, 3.05) is 11.9 Å². The molecule has 2 aliphatic rings. The summed E-state index contributed by atoms with van der Waals surface area (Å²) in [6.07, 6.45) is 3.59. The number of benzene rings is 1. The van der Waals surface area contributed by atoms with E-state index in [0.29, 0.717) is 6.54 Å². The first-order valence-electron chi connectivity index (χ1n) is 5.25. The van der Waals surface area contributed by atoms with Crippen LogP contribution in [0.2, 0.25) is 0 Å². The molecule has 2 amide bonds. The molecule has 5 heteroatoms. The number of fused-ring (bicyclic) bond motifs is 1. The Morgan fingerprint density at radius 3 is 3.06 bits per heavy atom. The van der Waals surface area contributed by atoms with Crippen molar-refractivity contribution in [2.45, 2.75) is 4.90 Å². The molecule has 3 N–H and O–H groups in total. The van der Waals surface area contributed by atoms with E-state index in [0.717, 1.165) is 16.3 Å². The van der Waals surface area contributed by atoms with Gasteiger partial charge in [0.15, 0.2) is 0 Å². The number of nitrogens with two attached hydrogens (primary N) is 1. The van der Waals surface area contributed by atoms with E-state index in [4.69, 9.17) is 5.73 Å². The number of thioether (sulfide) groups is 1. The van der Waals surface area contributed by atoms with Crippen molar-refractivity contribution in [1.29, 1.82) is 0 Å². The van der Waals surface area contributed by atoms with Crippen LogP contribution >= 0.6 is 11.8 Å². The van der Waals surface area contributed by atoms with Gasteiger partial charge in [-0.15, -0.1) is 0 Å². The Kier molecular flexibility index (Phi) is 2.33. The molecule has 0 aromatic heterocycles. The average Bonchev–Trinajstić information content (AvgIpc) is 2.35. The van der Waals surface area contributed by atoms with Crippen LogP contribution in [0.4, 0.5) is 10.5 Å². The van der Waals surface area contributed by atoms with Gasteiger partial charge in [0.1, 0.15) is 0 Å². The van der Waals surface area contributed by atoms with Gasteiger partial charge in [0.25, 0.3) is 0 Å². The second kappa shape index (κ2) is 3.85. The second-order valence-corrected chi connectivity index (χ2v) is 4.98. The molecule has 1 aromatic rings. The van der Waals surface area contributed by atoms with Gasteiger partial charge in [0.2, 0.25) is 0 Å². The highest BCUT2D eigenvalue weighted by Gasteiger charge is 2.22. The Balaban J connectivity index is 1.91. The highest BCUT2D eigenvalue weighted by Crippen LogP contribution is 2.41. The fourth-order valence-corrected chi connectivity index (χ4v) is 2.91. The molecule has 0 saturated heterocycles. The van der Waals surface area contributed by atoms with Crippen molar-refractivity contribution in [2.24, 2.45) is 5.73 Å². The van der Waals surface area contributed by atoms with Crippen molar-refractivity contribution < 1.29 is 4.79 Å². The zero-order chi connectivity index (χ0) is 11.8. The van der Waals surface area contributed by atoms with Crippen LogP contribution in [-0.4, -0.2) is 17.5 Å². The molecular weight excluding hydrogens is 234 g/mol. The molecule has 0 atom stereocenters. The molecule has 0 aliphatic carbocycles. The minimum absolute atomic E-state index is 0.424. The van der Waals surface area contributed by atoms with Gasteiger partial charge in [-0.1, -0.05) is 23.9 Å². The van der Waals surface area contributed by atoms with Gasteiger partial charge in [-0.2, -0.15) is 0 Å². The van der Waals surface area contributed by atoms with Crippen molar-refractivity contribution in [3.05, 3.63) is 47.1 Å². The van der Waals surface area contributed by atoms with Crippen LogP contribution in [0.25, 0.3) is 0 Å². The first-order chi connectivity index (χ1) is 8.24. The molecule has 4 nitrogen and oxygen atoms in total. The van der Waals surface area contributed by atoms with E-state index in [1.54, 1.807) is 18.0 Å². The van der Waals surface area contributed by atoms with E-state index in [2.05, 4.69) is 11.4 Å². The number of carbonyl (C=O) groups excluding carboxylic acids is 1. The van der Waals surface area contributed by atoms with Crippen LogP contribution in [0.1, 0.15) is 0 Å². The van der Waals surface area contributed by atoms with E-state index in [9.17, 15) is 4.79 Å². The van der Waals surface area contributed by atoms with E-state index < -0.39 is 6.03 Å². The molecule has 0 bridgehead atoms. The van der Waals surface area contributed by atoms with Gasteiger partial charge in [-0.3, -0.25) is 4.90 Å². The molecular formula is C12H11N3OS. The first-order valence-corrected chi connectivity index (χ1v) is 6.07. The molecule has 0 saturated carbocycles. The number of carbonyl (C=O) groups is 1. The van der Waals surface area contributed by atoms with Crippen LogP contribution in [0, 0.1) is 0 Å². The molecule has 2 heterocycles. The lowest BCUT2D eigenvalue weighted by molar-refractivity contribution is 0.227. The number of nitrogens with zero attached hydrogens (tertiary/aromatic N) is 1. The third-order valence-electron chi connectivity index (χ3n) is 2.71. The fraction of sp³-hybridized carbons (Fsp3) is 0.0833. The first kappa shape index (κ1) is 10.3. The summed E-state index contributed by atoms with van der Waals surface area (Å²) >= 11 is 1.68. The summed E-state index contributed by atoms with van der Waals surface area (Å²) in [6, 6.07) is 7.68. The quantitative estimate of drug-likeness (QED) is 0.737. The van der Waals surface area contributed by atoms with E-state index in [1.165, 1.54) is 9.80 Å². The lowest BCUT2D eigenvalue weighted by atomic mass is 10.2. The summed E-state index contributed by atoms with van der Waals surface area (Å²) in [5.74, 6) is 0. The molecule has 0 spiro atoms. The molecule has 3 rings (SSSR count). The molecule has 0 unspecified atom stereocenters. The molecule has 86 valence electrons. The Morgan fingerprint density at radius 1 is 1.41 bits per heavy atom. The predicted octanol–water partition coefficient (Wildman–Crippen LogP) is 2.32. The topological polar surface area (TPSA) is 58.4 Å². The lowest BCUT2D eigenvalue weighted by Crippen LogP contribution is -2.35. The Bertz CT molecular complexity index is 550. The number of amides is 2. The summed E-state index contributed by atoms with van der Waals surface area (Å²) < 4.78 is 0. The highest BCUT2D eigenvalue weighted by molar-refractivity contribution is 8.03. The number of rotatable bonds is 0. The SMILES string of the molecule is NC(=O)N1C=CC2=C(C1)Sc1ccccc1N2. The van der Waals surface area contributed by atoms with Crippen LogP contribution in [-0.2, 0) is 0 Å². The monoisotopic (exact) mass is 245 g/mol. The van der Waals surface area contributed by atoms with Crippen molar-refractivity contribution in [1.82, 2.24) is 4.90 Å². The van der Waals surface area contributed by atoms with Crippen molar-refractivity contribution in [3.8, 4) is 0 Å². The normalized spacial score (nSPS) is 17.3. The number of allylic oxidation sites excluding steroid dienone is 1. The number of nitrogens with one attached hydrogen (secondary N) is 1. The van der Waals surface area contributed by atoms with Gasteiger partial charge in [0.05, 0.1) is 17.9 Å². The average molecular weight is 245 g/mol. The zero-order valence-corrected chi connectivity index (χ0v) is 9.83. The summed E-state index contributed by atoms with van der Waals surface area (Å²) in [7, 11) is 0. The third kappa shape index (κ3) is 1.78. The molecule has 0 radical (unpaired) electrons. The number of hydrogen-bond donors (Lipinski definition) is 2. The Labute approximate surface area is 103 Å². The number of primary amides is 1. The van der Waals surface area contributed by atoms with Gasteiger partial charge in [-0.25, -0.2) is 4.79 Å². The Hall–Kier alpha value is -1.88. The summed E-state index contributed by atoms with van der Waals surface area (Å²) in [5.41, 5.74) is 7.42.